The van der Waals surface area contributed by atoms with Crippen molar-refractivity contribution in [3.63, 3.8) is 0 Å². The molecule has 1 rings (SSSR count). The van der Waals surface area contributed by atoms with Gasteiger partial charge in [0.15, 0.2) is 0 Å². The Kier molecular flexibility index (Phi) is 5.75. The molecule has 0 saturated carbocycles. The Bertz CT molecular complexity index is 336. The minimum Gasteiger partial charge on any atom is -0.329 e. The van der Waals surface area contributed by atoms with Crippen LogP contribution in [0.3, 0.4) is 0 Å². The Morgan fingerprint density at radius 3 is 2.94 bits per heavy atom. The number of hydrogen-bond donors (Lipinski definition) is 2. The molecule has 0 aliphatic carbocycles. The van der Waals surface area contributed by atoms with Gasteiger partial charge in [0.05, 0.1) is 0 Å². The molecule has 0 aliphatic heterocycles. The molecule has 0 fully saturated rings. The Hall–Kier alpha value is -1.19. The number of nitrogens with one attached hydrogen (secondary N) is 1. The van der Waals surface area contributed by atoms with Gasteiger partial charge < -0.3 is 11.1 Å². The molecule has 0 heterocycles. The fourth-order valence-corrected chi connectivity index (χ4v) is 1.57. The van der Waals surface area contributed by atoms with Crippen LogP contribution in [0.5, 0.6) is 0 Å². The maximum absolute atomic E-state index is 13.0. The second kappa shape index (κ2) is 7.14. The molecule has 0 amide bonds. The minimum absolute atomic E-state index is 0.0287. The van der Waals surface area contributed by atoms with Crippen LogP contribution in [0, 0.1) is 5.82 Å². The van der Waals surface area contributed by atoms with E-state index < -0.39 is 0 Å². The summed E-state index contributed by atoms with van der Waals surface area (Å²) in [5, 5.41) is 3.30. The first kappa shape index (κ1) is 12.9. The summed E-state index contributed by atoms with van der Waals surface area (Å²) in [5.74, 6) is -0.216. The summed E-state index contributed by atoms with van der Waals surface area (Å²) in [5.41, 5.74) is 6.57. The zero-order valence-corrected chi connectivity index (χ0v) is 9.62. The normalized spacial score (nSPS) is 13.2. The first-order chi connectivity index (χ1) is 7.77. The van der Waals surface area contributed by atoms with Crippen LogP contribution in [0.25, 0.3) is 0 Å². The molecule has 2 nitrogen and oxygen atoms in total. The Balaban J connectivity index is 2.53. The predicted octanol–water partition coefficient (Wildman–Crippen LogP) is 2.38. The molecule has 1 aromatic rings. The van der Waals surface area contributed by atoms with Crippen molar-refractivity contribution in [3.05, 3.63) is 47.8 Å². The molecule has 0 radical (unpaired) electrons. The van der Waals surface area contributed by atoms with Crippen molar-refractivity contribution in [1.82, 2.24) is 5.32 Å². The van der Waals surface area contributed by atoms with E-state index in [2.05, 4.69) is 11.4 Å². The SMILES string of the molecule is C/C=C/CCNC(CN)c1cccc(F)c1. The summed E-state index contributed by atoms with van der Waals surface area (Å²) < 4.78 is 13.0. The van der Waals surface area contributed by atoms with Crippen molar-refractivity contribution in [3.8, 4) is 0 Å². The van der Waals surface area contributed by atoms with Crippen molar-refractivity contribution in [2.24, 2.45) is 5.73 Å². The number of hydrogen-bond acceptors (Lipinski definition) is 2. The number of rotatable bonds is 6. The highest BCUT2D eigenvalue weighted by atomic mass is 19.1. The van der Waals surface area contributed by atoms with E-state index in [0.717, 1.165) is 18.5 Å². The average Bonchev–Trinajstić information content (AvgIpc) is 2.29. The zero-order valence-electron chi connectivity index (χ0n) is 9.62. The molecule has 1 aromatic carbocycles. The van der Waals surface area contributed by atoms with Gasteiger partial charge in [-0.3, -0.25) is 0 Å². The van der Waals surface area contributed by atoms with Crippen molar-refractivity contribution >= 4 is 0 Å². The summed E-state index contributed by atoms with van der Waals surface area (Å²) >= 11 is 0. The van der Waals surface area contributed by atoms with E-state index in [9.17, 15) is 4.39 Å². The van der Waals surface area contributed by atoms with Gasteiger partial charge in [-0.05, 0) is 37.6 Å². The van der Waals surface area contributed by atoms with Gasteiger partial charge in [0.2, 0.25) is 0 Å². The molecule has 0 spiro atoms. The standard InChI is InChI=1S/C13H19FN2/c1-2-3-4-8-16-13(10-15)11-6-5-7-12(14)9-11/h2-3,5-7,9,13,16H,4,8,10,15H2,1H3/b3-2+. The lowest BCUT2D eigenvalue weighted by Gasteiger charge is -2.16. The average molecular weight is 222 g/mol. The molecule has 3 N–H and O–H groups in total. The van der Waals surface area contributed by atoms with Gasteiger partial charge in [0.1, 0.15) is 5.82 Å². The van der Waals surface area contributed by atoms with Crippen LogP contribution in [-0.2, 0) is 0 Å². The fourth-order valence-electron chi connectivity index (χ4n) is 1.57. The lowest BCUT2D eigenvalue weighted by atomic mass is 10.1. The monoisotopic (exact) mass is 222 g/mol. The lowest BCUT2D eigenvalue weighted by molar-refractivity contribution is 0.542. The third kappa shape index (κ3) is 4.13. The van der Waals surface area contributed by atoms with E-state index >= 15 is 0 Å². The fraction of sp³-hybridized carbons (Fsp3) is 0.385. The second-order valence-electron chi connectivity index (χ2n) is 3.66. The van der Waals surface area contributed by atoms with E-state index in [1.54, 1.807) is 6.07 Å². The second-order valence-corrected chi connectivity index (χ2v) is 3.66. The summed E-state index contributed by atoms with van der Waals surface area (Å²) in [6, 6.07) is 6.60. The van der Waals surface area contributed by atoms with Gasteiger partial charge in [-0.2, -0.15) is 0 Å². The van der Waals surface area contributed by atoms with Gasteiger partial charge in [0.25, 0.3) is 0 Å². The molecular formula is C13H19FN2. The summed E-state index contributed by atoms with van der Waals surface area (Å²) in [7, 11) is 0. The van der Waals surface area contributed by atoms with Crippen LogP contribution in [0.1, 0.15) is 24.9 Å². The van der Waals surface area contributed by atoms with Crippen LogP contribution in [0.2, 0.25) is 0 Å². The van der Waals surface area contributed by atoms with Gasteiger partial charge in [0, 0.05) is 12.6 Å². The number of halogens is 1. The Labute approximate surface area is 96.4 Å². The third-order valence-electron chi connectivity index (χ3n) is 2.42. The molecule has 1 atom stereocenters. The van der Waals surface area contributed by atoms with E-state index in [4.69, 9.17) is 5.73 Å². The highest BCUT2D eigenvalue weighted by Crippen LogP contribution is 2.12. The number of nitrogens with two attached hydrogens (primary N) is 1. The van der Waals surface area contributed by atoms with Crippen LogP contribution >= 0.6 is 0 Å². The topological polar surface area (TPSA) is 38.0 Å². The Morgan fingerprint density at radius 2 is 2.31 bits per heavy atom. The van der Waals surface area contributed by atoms with E-state index in [-0.39, 0.29) is 11.9 Å². The zero-order chi connectivity index (χ0) is 11.8. The van der Waals surface area contributed by atoms with Crippen molar-refractivity contribution in [1.29, 1.82) is 0 Å². The van der Waals surface area contributed by atoms with E-state index in [0.29, 0.717) is 6.54 Å². The van der Waals surface area contributed by atoms with Crippen LogP contribution in [-0.4, -0.2) is 13.1 Å². The molecule has 0 saturated heterocycles. The van der Waals surface area contributed by atoms with Crippen molar-refractivity contribution < 1.29 is 4.39 Å². The van der Waals surface area contributed by atoms with Gasteiger partial charge >= 0.3 is 0 Å². The van der Waals surface area contributed by atoms with Crippen molar-refractivity contribution in [2.75, 3.05) is 13.1 Å². The summed E-state index contributed by atoms with van der Waals surface area (Å²) in [6.45, 7) is 3.31. The number of benzene rings is 1. The van der Waals surface area contributed by atoms with Gasteiger partial charge in [-0.1, -0.05) is 24.3 Å². The van der Waals surface area contributed by atoms with Gasteiger partial charge in [-0.25, -0.2) is 4.39 Å². The molecule has 0 bridgehead atoms. The quantitative estimate of drug-likeness (QED) is 0.573. The van der Waals surface area contributed by atoms with Crippen LogP contribution < -0.4 is 11.1 Å². The summed E-state index contributed by atoms with van der Waals surface area (Å²) in [4.78, 5) is 0. The summed E-state index contributed by atoms with van der Waals surface area (Å²) in [6.07, 6.45) is 5.07. The molecule has 1 unspecified atom stereocenters. The van der Waals surface area contributed by atoms with Crippen LogP contribution in [0.4, 0.5) is 4.39 Å². The van der Waals surface area contributed by atoms with Crippen LogP contribution in [0.15, 0.2) is 36.4 Å². The Morgan fingerprint density at radius 1 is 1.50 bits per heavy atom. The van der Waals surface area contributed by atoms with Crippen molar-refractivity contribution in [2.45, 2.75) is 19.4 Å². The predicted molar refractivity (Wildman–Crippen MR) is 65.6 cm³/mol. The maximum Gasteiger partial charge on any atom is 0.123 e. The third-order valence-corrected chi connectivity index (χ3v) is 2.42. The molecule has 88 valence electrons. The highest BCUT2D eigenvalue weighted by Gasteiger charge is 2.08. The molecule has 0 aromatic heterocycles. The van der Waals surface area contributed by atoms with E-state index in [1.165, 1.54) is 12.1 Å². The van der Waals surface area contributed by atoms with Gasteiger partial charge in [-0.15, -0.1) is 0 Å². The molecule has 16 heavy (non-hydrogen) atoms. The number of allylic oxidation sites excluding steroid dienone is 1. The smallest absolute Gasteiger partial charge is 0.123 e. The molecule has 0 aliphatic rings. The molecule has 3 heteroatoms. The van der Waals surface area contributed by atoms with E-state index in [1.807, 2.05) is 19.1 Å². The minimum atomic E-state index is -0.216. The lowest BCUT2D eigenvalue weighted by Crippen LogP contribution is -2.28. The first-order valence-electron chi connectivity index (χ1n) is 5.58. The largest absolute Gasteiger partial charge is 0.329 e. The highest BCUT2D eigenvalue weighted by molar-refractivity contribution is 5.20. The molecular weight excluding hydrogens is 203 g/mol. The first-order valence-corrected chi connectivity index (χ1v) is 5.58. The maximum atomic E-state index is 13.0.